The number of ether oxygens (including phenoxy) is 4. The molecule has 33 heavy (non-hydrogen) atoms. The number of halogens is 1. The molecule has 2 aromatic heterocycles. The van der Waals surface area contributed by atoms with Gasteiger partial charge in [-0.25, -0.2) is 9.97 Å². The predicted molar refractivity (Wildman–Crippen MR) is 118 cm³/mol. The topological polar surface area (TPSA) is 119 Å². The summed E-state index contributed by atoms with van der Waals surface area (Å²) >= 11 is 6.04. The highest BCUT2D eigenvalue weighted by Crippen LogP contribution is 2.54. The Morgan fingerprint density at radius 3 is 2.73 bits per heavy atom. The van der Waals surface area contributed by atoms with Crippen molar-refractivity contribution in [1.82, 2.24) is 9.97 Å². The molecule has 2 saturated heterocycles. The van der Waals surface area contributed by atoms with Crippen LogP contribution in [0.5, 0.6) is 0 Å². The molecule has 5 rings (SSSR count). The molecule has 2 aliphatic heterocycles. The van der Waals surface area contributed by atoms with Crippen LogP contribution in [0.4, 0.5) is 5.82 Å². The van der Waals surface area contributed by atoms with Gasteiger partial charge in [-0.1, -0.05) is 37.6 Å². The normalized spacial score (nSPS) is 29.0. The first-order valence-electron chi connectivity index (χ1n) is 10.7. The minimum absolute atomic E-state index is 0.0252. The fraction of sp³-hybridized carbons (Fsp3) is 0.435. The first-order valence-corrected chi connectivity index (χ1v) is 11.0. The number of nitrogens with two attached hydrogens (primary N) is 1. The number of carbonyl (C=O) groups is 1. The fourth-order valence-corrected chi connectivity index (χ4v) is 4.45. The van der Waals surface area contributed by atoms with Crippen molar-refractivity contribution in [2.75, 3.05) is 12.3 Å². The Morgan fingerprint density at radius 1 is 1.24 bits per heavy atom. The summed E-state index contributed by atoms with van der Waals surface area (Å²) in [5.41, 5.74) is 7.40. The van der Waals surface area contributed by atoms with Gasteiger partial charge in [-0.15, -0.1) is 0 Å². The van der Waals surface area contributed by atoms with E-state index in [1.54, 1.807) is 32.2 Å². The van der Waals surface area contributed by atoms with Crippen molar-refractivity contribution in [3.05, 3.63) is 53.0 Å². The maximum Gasteiger partial charge on any atom is 0.308 e. The number of furan rings is 1. The van der Waals surface area contributed by atoms with Gasteiger partial charge in [0.25, 0.3) is 0 Å². The number of benzene rings is 1. The van der Waals surface area contributed by atoms with Gasteiger partial charge in [-0.05, 0) is 19.1 Å². The molecule has 2 aliphatic rings. The molecule has 0 radical (unpaired) electrons. The zero-order chi connectivity index (χ0) is 23.3. The zero-order valence-corrected chi connectivity index (χ0v) is 19.1. The van der Waals surface area contributed by atoms with E-state index < -0.39 is 30.2 Å². The number of hydrogen-bond donors (Lipinski definition) is 1. The van der Waals surface area contributed by atoms with Crippen LogP contribution in [0, 0.1) is 5.92 Å². The van der Waals surface area contributed by atoms with Crippen molar-refractivity contribution < 1.29 is 28.2 Å². The lowest BCUT2D eigenvalue weighted by Crippen LogP contribution is -2.41. The molecular formula is C23H24ClN3O6. The molecule has 3 aromatic rings. The van der Waals surface area contributed by atoms with Crippen LogP contribution in [0.15, 0.2) is 41.3 Å². The average molecular weight is 474 g/mol. The molecule has 0 aliphatic carbocycles. The van der Waals surface area contributed by atoms with Gasteiger partial charge in [0.15, 0.2) is 17.7 Å². The van der Waals surface area contributed by atoms with E-state index in [1.807, 2.05) is 19.1 Å². The van der Waals surface area contributed by atoms with Gasteiger partial charge in [0.1, 0.15) is 42.4 Å². The fourth-order valence-electron chi connectivity index (χ4n) is 4.32. The van der Waals surface area contributed by atoms with E-state index in [2.05, 4.69) is 9.97 Å². The number of anilines is 1. The average Bonchev–Trinajstić information content (AvgIpc) is 3.43. The van der Waals surface area contributed by atoms with Gasteiger partial charge in [0.2, 0.25) is 0 Å². The highest BCUT2D eigenvalue weighted by molar-refractivity contribution is 6.30. The van der Waals surface area contributed by atoms with Crippen LogP contribution in [0.25, 0.3) is 11.1 Å². The summed E-state index contributed by atoms with van der Waals surface area (Å²) in [5, 5.41) is 0.616. The maximum atomic E-state index is 12.1. The second kappa shape index (κ2) is 8.25. The van der Waals surface area contributed by atoms with Crippen LogP contribution in [0.3, 0.4) is 0 Å². The Morgan fingerprint density at radius 2 is 2.00 bits per heavy atom. The summed E-state index contributed by atoms with van der Waals surface area (Å²) in [6.45, 7) is 5.49. The lowest BCUT2D eigenvalue weighted by atomic mass is 9.89. The maximum absolute atomic E-state index is 12.1. The monoisotopic (exact) mass is 473 g/mol. The van der Waals surface area contributed by atoms with Crippen LogP contribution < -0.4 is 5.73 Å². The Balaban J connectivity index is 1.50. The Bertz CT molecular complexity index is 1180. The third-order valence-corrected chi connectivity index (χ3v) is 6.31. The summed E-state index contributed by atoms with van der Waals surface area (Å²) in [5.74, 6) is -0.337. The van der Waals surface area contributed by atoms with Crippen LogP contribution in [0.2, 0.25) is 5.02 Å². The number of carbonyl (C=O) groups excluding carboxylic acids is 1. The van der Waals surface area contributed by atoms with E-state index >= 15 is 0 Å². The number of rotatable bonds is 5. The van der Waals surface area contributed by atoms with E-state index in [-0.39, 0.29) is 24.3 Å². The smallest absolute Gasteiger partial charge is 0.308 e. The molecule has 9 nitrogen and oxygen atoms in total. The van der Waals surface area contributed by atoms with Gasteiger partial charge in [0, 0.05) is 16.1 Å². The molecular weight excluding hydrogens is 450 g/mol. The highest BCUT2D eigenvalue weighted by Gasteiger charge is 2.62. The third kappa shape index (κ3) is 3.74. The summed E-state index contributed by atoms with van der Waals surface area (Å²) in [4.78, 5) is 20.4. The minimum atomic E-state index is -0.921. The highest BCUT2D eigenvalue weighted by atomic mass is 35.5. The molecule has 0 saturated carbocycles. The van der Waals surface area contributed by atoms with Crippen LogP contribution in [-0.4, -0.2) is 40.4 Å². The summed E-state index contributed by atoms with van der Waals surface area (Å²) < 4.78 is 30.2. The number of esters is 1. The summed E-state index contributed by atoms with van der Waals surface area (Å²) in [6, 6.07) is 7.25. The van der Waals surface area contributed by atoms with E-state index in [1.165, 1.54) is 6.33 Å². The van der Waals surface area contributed by atoms with E-state index in [0.717, 1.165) is 5.56 Å². The SMILES string of the molecule is CC(C)C(=O)OC[C@H]1O[C@@H](c2coc3c(N)ncnc23)[C@]2(C)OC(c3ccc(Cl)cc3)O[C@H]12. The predicted octanol–water partition coefficient (Wildman–Crippen LogP) is 3.97. The molecule has 4 heterocycles. The van der Waals surface area contributed by atoms with Gasteiger partial charge in [-0.2, -0.15) is 0 Å². The number of hydrogen-bond acceptors (Lipinski definition) is 9. The third-order valence-electron chi connectivity index (χ3n) is 6.06. The van der Waals surface area contributed by atoms with Crippen molar-refractivity contribution >= 4 is 34.5 Å². The Labute approximate surface area is 195 Å². The number of fused-ring (bicyclic) bond motifs is 2. The van der Waals surface area contributed by atoms with Crippen molar-refractivity contribution in [2.24, 2.45) is 5.92 Å². The number of nitrogen functional groups attached to an aromatic ring is 1. The molecule has 10 heteroatoms. The number of aromatic nitrogens is 2. The molecule has 1 aromatic carbocycles. The van der Waals surface area contributed by atoms with Gasteiger partial charge in [-0.3, -0.25) is 4.79 Å². The van der Waals surface area contributed by atoms with Gasteiger partial charge >= 0.3 is 5.97 Å². The molecule has 174 valence electrons. The molecule has 1 unspecified atom stereocenters. The first-order chi connectivity index (χ1) is 15.8. The van der Waals surface area contributed by atoms with Gasteiger partial charge in [0.05, 0.1) is 12.2 Å². The van der Waals surface area contributed by atoms with Crippen LogP contribution in [0.1, 0.15) is 44.3 Å². The van der Waals surface area contributed by atoms with E-state index in [4.69, 9.17) is 40.7 Å². The van der Waals surface area contributed by atoms with Crippen molar-refractivity contribution in [3.8, 4) is 0 Å². The van der Waals surface area contributed by atoms with Crippen molar-refractivity contribution in [2.45, 2.75) is 51.0 Å². The van der Waals surface area contributed by atoms with E-state index in [0.29, 0.717) is 21.7 Å². The van der Waals surface area contributed by atoms with E-state index in [9.17, 15) is 4.79 Å². The van der Waals surface area contributed by atoms with Crippen LogP contribution >= 0.6 is 11.6 Å². The largest absolute Gasteiger partial charge is 0.463 e. The molecule has 2 fully saturated rings. The lowest BCUT2D eigenvalue weighted by Gasteiger charge is -2.27. The second-order valence-corrected chi connectivity index (χ2v) is 9.15. The van der Waals surface area contributed by atoms with Crippen LogP contribution in [-0.2, 0) is 23.7 Å². The summed E-state index contributed by atoms with van der Waals surface area (Å²) in [6.07, 6.45) is 0.569. The molecule has 2 N–H and O–H groups in total. The quantitative estimate of drug-likeness (QED) is 0.549. The molecule has 0 amide bonds. The lowest BCUT2D eigenvalue weighted by molar-refractivity contribution is -0.168. The Kier molecular flexibility index (Phi) is 5.52. The minimum Gasteiger partial charge on any atom is -0.463 e. The second-order valence-electron chi connectivity index (χ2n) is 8.71. The molecule has 0 bridgehead atoms. The molecule has 5 atom stereocenters. The number of nitrogens with zero attached hydrogens (tertiary/aromatic N) is 2. The standard InChI is InChI=1S/C23H24ClN3O6/c1-11(2)21(28)30-9-15-19-23(3,33-22(32-19)12-4-6-13(24)7-5-12)18(31-15)14-8-29-17-16(14)26-10-27-20(17)25/h4-8,10-11,15,18-19,22H,9H2,1-3H3,(H2,25,26,27)/t15-,18+,19-,22?,23+/m1/s1. The van der Waals surface area contributed by atoms with Crippen molar-refractivity contribution in [3.63, 3.8) is 0 Å². The first kappa shape index (κ1) is 22.1. The Hall–Kier alpha value is -2.72. The summed E-state index contributed by atoms with van der Waals surface area (Å²) in [7, 11) is 0. The van der Waals surface area contributed by atoms with Crippen molar-refractivity contribution in [1.29, 1.82) is 0 Å². The zero-order valence-electron chi connectivity index (χ0n) is 18.4. The van der Waals surface area contributed by atoms with Gasteiger partial charge < -0.3 is 29.1 Å². The molecule has 0 spiro atoms.